The zero-order chi connectivity index (χ0) is 29.0. The van der Waals surface area contributed by atoms with E-state index in [1.807, 2.05) is 0 Å². The van der Waals surface area contributed by atoms with Crippen LogP contribution < -0.4 is 37.9 Å². The number of hydrogen-bond donors (Lipinski definition) is 1. The van der Waals surface area contributed by atoms with Crippen molar-refractivity contribution in [2.24, 2.45) is 0 Å². The first-order valence-corrected chi connectivity index (χ1v) is 12.2. The van der Waals surface area contributed by atoms with Crippen LogP contribution in [0.15, 0.2) is 36.4 Å². The summed E-state index contributed by atoms with van der Waals surface area (Å²) in [6, 6.07) is 9.57. The topological polar surface area (TPSA) is 120 Å². The van der Waals surface area contributed by atoms with Crippen molar-refractivity contribution in [3.05, 3.63) is 53.1 Å². The average Bonchev–Trinajstić information content (AvgIpc) is 2.98. The summed E-state index contributed by atoms with van der Waals surface area (Å²) in [5, 5.41) is 10.7. The van der Waals surface area contributed by atoms with Crippen LogP contribution in [0.4, 0.5) is 0 Å². The standard InChI is InChI=1S/C29H32O11/c1-32-17-12-19(30)18-14-25(40-29(31)16-10-23(35-4)28(38-7)24(11-16)36-5)26(39-20(18)13-17)15-8-21(33-2)27(37-6)22(9-15)34-3/h8-13,25-26,30H,14H2,1-7H3/t25-,26-/m1/s1. The Morgan fingerprint density at radius 2 is 1.25 bits per heavy atom. The van der Waals surface area contributed by atoms with E-state index in [0.717, 1.165) is 0 Å². The molecule has 0 fully saturated rings. The summed E-state index contributed by atoms with van der Waals surface area (Å²) in [5.74, 6) is 2.20. The molecular weight excluding hydrogens is 524 g/mol. The van der Waals surface area contributed by atoms with E-state index in [1.54, 1.807) is 18.2 Å². The van der Waals surface area contributed by atoms with Crippen LogP contribution in [0.2, 0.25) is 0 Å². The molecule has 1 aliphatic rings. The fourth-order valence-corrected chi connectivity index (χ4v) is 4.61. The fourth-order valence-electron chi connectivity index (χ4n) is 4.61. The van der Waals surface area contributed by atoms with Gasteiger partial charge in [-0.2, -0.15) is 0 Å². The summed E-state index contributed by atoms with van der Waals surface area (Å²) < 4.78 is 50.3. The molecule has 0 saturated heterocycles. The highest BCUT2D eigenvalue weighted by molar-refractivity contribution is 5.91. The molecule has 0 saturated carbocycles. The Hall–Kier alpha value is -4.67. The summed E-state index contributed by atoms with van der Waals surface area (Å²) >= 11 is 0. The molecule has 0 aromatic heterocycles. The highest BCUT2D eigenvalue weighted by Crippen LogP contribution is 2.47. The highest BCUT2D eigenvalue weighted by atomic mass is 16.6. The molecule has 1 N–H and O–H groups in total. The number of carbonyl (C=O) groups excluding carboxylic acids is 1. The van der Waals surface area contributed by atoms with Crippen LogP contribution in [-0.2, 0) is 11.2 Å². The minimum atomic E-state index is -0.874. The first-order chi connectivity index (χ1) is 19.3. The number of ether oxygens (including phenoxy) is 9. The van der Waals surface area contributed by atoms with Crippen molar-refractivity contribution in [1.82, 2.24) is 0 Å². The van der Waals surface area contributed by atoms with E-state index in [1.165, 1.54) is 68.0 Å². The first kappa shape index (κ1) is 28.3. The second-order valence-corrected chi connectivity index (χ2v) is 8.68. The Kier molecular flexibility index (Phi) is 8.52. The van der Waals surface area contributed by atoms with Gasteiger partial charge >= 0.3 is 5.97 Å². The van der Waals surface area contributed by atoms with Gasteiger partial charge in [0.2, 0.25) is 11.5 Å². The predicted octanol–water partition coefficient (Wildman–Crippen LogP) is 4.35. The minimum absolute atomic E-state index is 0.0495. The van der Waals surface area contributed by atoms with Crippen molar-refractivity contribution >= 4 is 5.97 Å². The van der Waals surface area contributed by atoms with Crippen LogP contribution in [0.1, 0.15) is 27.6 Å². The maximum absolute atomic E-state index is 13.5. The van der Waals surface area contributed by atoms with E-state index in [4.69, 9.17) is 42.6 Å². The molecule has 0 unspecified atom stereocenters. The molecule has 0 bridgehead atoms. The summed E-state index contributed by atoms with van der Waals surface area (Å²) in [4.78, 5) is 13.5. The summed E-state index contributed by atoms with van der Waals surface area (Å²) in [5.41, 5.74) is 1.22. The van der Waals surface area contributed by atoms with Crippen molar-refractivity contribution in [2.45, 2.75) is 18.6 Å². The summed E-state index contributed by atoms with van der Waals surface area (Å²) in [6.07, 6.45) is -1.55. The maximum atomic E-state index is 13.5. The summed E-state index contributed by atoms with van der Waals surface area (Å²) in [6.45, 7) is 0. The van der Waals surface area contributed by atoms with Crippen LogP contribution in [-0.4, -0.2) is 66.9 Å². The number of phenolic OH excluding ortho intramolecular Hbond substituents is 1. The molecule has 11 nitrogen and oxygen atoms in total. The zero-order valence-electron chi connectivity index (χ0n) is 23.4. The SMILES string of the molecule is COc1cc(O)c2c(c1)O[C@H](c1cc(OC)c(OC)c(OC)c1)[C@H](OC(=O)c1cc(OC)c(OC)c(OC)c1)C2. The Labute approximate surface area is 232 Å². The maximum Gasteiger partial charge on any atom is 0.338 e. The number of benzene rings is 3. The van der Waals surface area contributed by atoms with Gasteiger partial charge in [-0.1, -0.05) is 0 Å². The molecule has 1 heterocycles. The van der Waals surface area contributed by atoms with Gasteiger partial charge in [0.15, 0.2) is 29.1 Å². The molecule has 4 rings (SSSR count). The van der Waals surface area contributed by atoms with Gasteiger partial charge in [-0.25, -0.2) is 4.79 Å². The van der Waals surface area contributed by atoms with Crippen molar-refractivity contribution in [3.63, 3.8) is 0 Å². The fraction of sp³-hybridized carbons (Fsp3) is 0.345. The molecule has 3 aromatic carbocycles. The van der Waals surface area contributed by atoms with Crippen molar-refractivity contribution in [1.29, 1.82) is 0 Å². The molecule has 3 aromatic rings. The van der Waals surface area contributed by atoms with Crippen molar-refractivity contribution in [3.8, 4) is 51.7 Å². The number of rotatable bonds is 10. The third-order valence-corrected chi connectivity index (χ3v) is 6.57. The molecule has 1 aliphatic heterocycles. The van der Waals surface area contributed by atoms with Crippen LogP contribution in [0.25, 0.3) is 0 Å². The van der Waals surface area contributed by atoms with Crippen LogP contribution >= 0.6 is 0 Å². The van der Waals surface area contributed by atoms with Crippen LogP contribution in [0, 0.1) is 0 Å². The van der Waals surface area contributed by atoms with Gasteiger partial charge in [-0.05, 0) is 24.3 Å². The van der Waals surface area contributed by atoms with Crippen LogP contribution in [0.5, 0.6) is 51.7 Å². The quantitative estimate of drug-likeness (QED) is 0.359. The molecule has 0 spiro atoms. The molecule has 11 heteroatoms. The third kappa shape index (κ3) is 5.27. The van der Waals surface area contributed by atoms with Gasteiger partial charge < -0.3 is 47.7 Å². The molecule has 2 atom stereocenters. The lowest BCUT2D eigenvalue weighted by molar-refractivity contribution is -0.0189. The first-order valence-electron chi connectivity index (χ1n) is 12.2. The largest absolute Gasteiger partial charge is 0.507 e. The molecule has 40 heavy (non-hydrogen) atoms. The Morgan fingerprint density at radius 1 is 0.725 bits per heavy atom. The Bertz CT molecular complexity index is 1330. The lowest BCUT2D eigenvalue weighted by Gasteiger charge is -2.34. The number of fused-ring (bicyclic) bond motifs is 1. The van der Waals surface area contributed by atoms with E-state index >= 15 is 0 Å². The van der Waals surface area contributed by atoms with E-state index in [0.29, 0.717) is 57.1 Å². The second kappa shape index (κ2) is 12.0. The average molecular weight is 557 g/mol. The number of carbonyl (C=O) groups is 1. The number of esters is 1. The monoisotopic (exact) mass is 556 g/mol. The highest BCUT2D eigenvalue weighted by Gasteiger charge is 2.38. The third-order valence-electron chi connectivity index (χ3n) is 6.57. The lowest BCUT2D eigenvalue weighted by Crippen LogP contribution is -2.35. The second-order valence-electron chi connectivity index (χ2n) is 8.68. The molecule has 0 radical (unpaired) electrons. The van der Waals surface area contributed by atoms with Gasteiger partial charge in [0.1, 0.15) is 23.4 Å². The number of phenols is 1. The van der Waals surface area contributed by atoms with E-state index < -0.39 is 18.2 Å². The van der Waals surface area contributed by atoms with Gasteiger partial charge in [0, 0.05) is 29.7 Å². The van der Waals surface area contributed by atoms with Gasteiger partial charge in [-0.15, -0.1) is 0 Å². The van der Waals surface area contributed by atoms with Crippen LogP contribution in [0.3, 0.4) is 0 Å². The molecular formula is C29H32O11. The zero-order valence-corrected chi connectivity index (χ0v) is 23.4. The normalized spacial score (nSPS) is 15.7. The molecule has 0 amide bonds. The van der Waals surface area contributed by atoms with Crippen molar-refractivity contribution in [2.75, 3.05) is 49.8 Å². The minimum Gasteiger partial charge on any atom is -0.507 e. The number of aromatic hydroxyl groups is 1. The van der Waals surface area contributed by atoms with E-state index in [2.05, 4.69) is 0 Å². The van der Waals surface area contributed by atoms with Gasteiger partial charge in [0.05, 0.1) is 55.3 Å². The van der Waals surface area contributed by atoms with Gasteiger partial charge in [-0.3, -0.25) is 0 Å². The lowest BCUT2D eigenvalue weighted by atomic mass is 9.93. The van der Waals surface area contributed by atoms with E-state index in [-0.39, 0.29) is 17.7 Å². The van der Waals surface area contributed by atoms with Gasteiger partial charge in [0.25, 0.3) is 0 Å². The number of hydrogen-bond acceptors (Lipinski definition) is 11. The molecule has 0 aliphatic carbocycles. The number of methoxy groups -OCH3 is 7. The molecule has 214 valence electrons. The Morgan fingerprint density at radius 3 is 1.73 bits per heavy atom. The predicted molar refractivity (Wildman–Crippen MR) is 143 cm³/mol. The van der Waals surface area contributed by atoms with E-state index in [9.17, 15) is 9.90 Å². The Balaban J connectivity index is 1.79. The van der Waals surface area contributed by atoms with Crippen molar-refractivity contribution < 1.29 is 52.5 Å². The smallest absolute Gasteiger partial charge is 0.338 e. The summed E-state index contributed by atoms with van der Waals surface area (Å²) in [7, 11) is 10.4.